The lowest BCUT2D eigenvalue weighted by atomic mass is 9.83. The Labute approximate surface area is 397 Å². The lowest BCUT2D eigenvalue weighted by Crippen LogP contribution is -2.36. The number of aryl methyl sites for hydroxylation is 1. The minimum absolute atomic E-state index is 0.00323. The summed E-state index contributed by atoms with van der Waals surface area (Å²) in [5.74, 6) is 2.41. The van der Waals surface area contributed by atoms with Gasteiger partial charge >= 0.3 is 0 Å². The van der Waals surface area contributed by atoms with Gasteiger partial charge in [-0.25, -0.2) is 15.0 Å². The molecule has 364 valence electrons. The van der Waals surface area contributed by atoms with E-state index in [1.807, 2.05) is 72.3 Å². The van der Waals surface area contributed by atoms with E-state index in [9.17, 15) is 14.4 Å². The number of ether oxygens (including phenoxy) is 3. The molecule has 5 unspecified atom stereocenters. The summed E-state index contributed by atoms with van der Waals surface area (Å²) in [5.41, 5.74) is 5.74. The highest BCUT2D eigenvalue weighted by Crippen LogP contribution is 2.58. The molecule has 67 heavy (non-hydrogen) atoms. The Morgan fingerprint density at radius 1 is 0.657 bits per heavy atom. The molecule has 0 radical (unpaired) electrons. The zero-order valence-electron chi connectivity index (χ0n) is 41.1. The number of anilines is 3. The molecule has 5 atom stereocenters. The summed E-state index contributed by atoms with van der Waals surface area (Å²) in [7, 11) is 0. The fourth-order valence-corrected chi connectivity index (χ4v) is 10.2. The maximum atomic E-state index is 14.3. The first kappa shape index (κ1) is 49.1. The Hall–Kier alpha value is -4.38. The minimum atomic E-state index is -0.682. The normalized spacial score (nSPS) is 23.3. The van der Waals surface area contributed by atoms with Gasteiger partial charge in [0.2, 0.25) is 17.7 Å². The van der Waals surface area contributed by atoms with Crippen LogP contribution in [0.15, 0.2) is 36.8 Å². The predicted molar refractivity (Wildman–Crippen MR) is 259 cm³/mol. The van der Waals surface area contributed by atoms with Gasteiger partial charge in [0.05, 0.1) is 39.6 Å². The van der Waals surface area contributed by atoms with Crippen molar-refractivity contribution in [1.29, 1.82) is 0 Å². The smallest absolute Gasteiger partial charge is 0.231 e. The van der Waals surface area contributed by atoms with E-state index in [4.69, 9.17) is 24.2 Å². The molecule has 5 fully saturated rings. The van der Waals surface area contributed by atoms with Crippen molar-refractivity contribution in [2.45, 2.75) is 106 Å². The maximum absolute atomic E-state index is 14.3. The van der Waals surface area contributed by atoms with Gasteiger partial charge in [-0.2, -0.15) is 0 Å². The van der Waals surface area contributed by atoms with E-state index in [0.29, 0.717) is 49.8 Å². The van der Waals surface area contributed by atoms with Gasteiger partial charge in [0.15, 0.2) is 0 Å². The standard InChI is InChI=1S/C52H75N9O6/c1-8-52(7,9-2)50(64)58-47-26-40(33-61-14-20-67-21-15-61)43(30-55-47)42-27-44(42)51(5,6)49(63)57-46-25-39(32-60-12-18-66-19-13-60)37(29-54-46)22-36-23-41(36)35(4)48(62)56-45-24-38(34(3)28-53-45)31-59-10-16-65-17-11-59/h24-26,28-30,35-36,41-42,44H,8-23,27,31-33H2,1-7H3,(H,53,56,62)(H,54,57,63)(H,55,58,64). The van der Waals surface area contributed by atoms with E-state index >= 15 is 0 Å². The molecule has 3 aliphatic heterocycles. The number of nitrogens with one attached hydrogen (secondary N) is 3. The molecule has 5 aliphatic rings. The van der Waals surface area contributed by atoms with E-state index in [0.717, 1.165) is 132 Å². The number of rotatable bonds is 19. The Morgan fingerprint density at radius 3 is 1.75 bits per heavy atom. The minimum Gasteiger partial charge on any atom is -0.379 e. The molecular formula is C52H75N9O6. The molecule has 6 heterocycles. The SMILES string of the molecule is CCC(C)(CC)C(=O)Nc1cc(CN2CCOCC2)c(C2CC2C(C)(C)C(=O)Nc2cc(CN3CCOCC3)c(CC3CC3C(C)C(=O)Nc3cc(CN4CCOCC4)c(C)cn3)cn2)cn1. The van der Waals surface area contributed by atoms with Gasteiger partial charge in [-0.05, 0) is 114 Å². The Bertz CT molecular complexity index is 2210. The third-order valence-electron chi connectivity index (χ3n) is 15.9. The van der Waals surface area contributed by atoms with Crippen molar-refractivity contribution in [3.8, 4) is 0 Å². The largest absolute Gasteiger partial charge is 0.379 e. The summed E-state index contributed by atoms with van der Waals surface area (Å²) in [6.45, 7) is 26.0. The lowest BCUT2D eigenvalue weighted by molar-refractivity contribution is -0.125. The molecule has 3 aromatic heterocycles. The second-order valence-corrected chi connectivity index (χ2v) is 20.8. The number of pyridine rings is 3. The fraction of sp³-hybridized carbons (Fsp3) is 0.654. The number of aromatic nitrogens is 3. The first-order valence-electron chi connectivity index (χ1n) is 25.0. The topological polar surface area (TPSA) is 163 Å². The average Bonchev–Trinajstić information content (AvgIpc) is 4.28. The van der Waals surface area contributed by atoms with Crippen LogP contribution >= 0.6 is 0 Å². The van der Waals surface area contributed by atoms with Gasteiger partial charge in [0.1, 0.15) is 17.5 Å². The zero-order chi connectivity index (χ0) is 47.3. The van der Waals surface area contributed by atoms with Crippen LogP contribution in [0.3, 0.4) is 0 Å². The van der Waals surface area contributed by atoms with Gasteiger partial charge < -0.3 is 30.2 Å². The monoisotopic (exact) mass is 922 g/mol. The summed E-state index contributed by atoms with van der Waals surface area (Å²) in [6, 6.07) is 6.13. The van der Waals surface area contributed by atoms with Crippen LogP contribution in [0.5, 0.6) is 0 Å². The second kappa shape index (κ2) is 21.5. The number of carbonyl (C=O) groups is 3. The van der Waals surface area contributed by atoms with Crippen LogP contribution in [-0.4, -0.2) is 126 Å². The molecule has 0 bridgehead atoms. The summed E-state index contributed by atoms with van der Waals surface area (Å²) in [6.07, 6.45) is 9.90. The van der Waals surface area contributed by atoms with Crippen LogP contribution in [-0.2, 0) is 54.6 Å². The molecule has 0 spiro atoms. The van der Waals surface area contributed by atoms with Crippen molar-refractivity contribution in [1.82, 2.24) is 29.7 Å². The predicted octanol–water partition coefficient (Wildman–Crippen LogP) is 6.66. The molecule has 3 N–H and O–H groups in total. The number of carbonyl (C=O) groups excluding carboxylic acids is 3. The highest BCUT2D eigenvalue weighted by Gasteiger charge is 2.53. The van der Waals surface area contributed by atoms with Gasteiger partial charge in [0.25, 0.3) is 0 Å². The van der Waals surface area contributed by atoms with Crippen LogP contribution in [0, 0.1) is 41.4 Å². The van der Waals surface area contributed by atoms with E-state index in [1.165, 1.54) is 5.56 Å². The van der Waals surface area contributed by atoms with Crippen LogP contribution in [0.2, 0.25) is 0 Å². The molecule has 2 aliphatic carbocycles. The van der Waals surface area contributed by atoms with E-state index in [-0.39, 0.29) is 41.4 Å². The van der Waals surface area contributed by atoms with Gasteiger partial charge in [-0.3, -0.25) is 29.1 Å². The number of hydrogen-bond donors (Lipinski definition) is 3. The molecule has 15 nitrogen and oxygen atoms in total. The Morgan fingerprint density at radius 2 is 1.15 bits per heavy atom. The number of amides is 3. The first-order chi connectivity index (χ1) is 32.2. The number of morpholine rings is 3. The molecule has 8 rings (SSSR count). The van der Waals surface area contributed by atoms with E-state index in [1.54, 1.807) is 0 Å². The number of hydrogen-bond acceptors (Lipinski definition) is 12. The summed E-state index contributed by atoms with van der Waals surface area (Å²) >= 11 is 0. The molecule has 3 aromatic rings. The molecule has 3 amide bonds. The molecule has 15 heteroatoms. The maximum Gasteiger partial charge on any atom is 0.231 e. The first-order valence-corrected chi connectivity index (χ1v) is 25.0. The lowest BCUT2D eigenvalue weighted by Gasteiger charge is -2.29. The van der Waals surface area contributed by atoms with E-state index in [2.05, 4.69) is 48.6 Å². The van der Waals surface area contributed by atoms with E-state index < -0.39 is 10.8 Å². The third-order valence-corrected chi connectivity index (χ3v) is 15.9. The third kappa shape index (κ3) is 12.1. The van der Waals surface area contributed by atoms with Crippen molar-refractivity contribution in [2.75, 3.05) is 94.9 Å². The van der Waals surface area contributed by atoms with Crippen molar-refractivity contribution in [2.24, 2.45) is 34.5 Å². The Balaban J connectivity index is 0.918. The van der Waals surface area contributed by atoms with Crippen molar-refractivity contribution < 1.29 is 28.6 Å². The zero-order valence-corrected chi connectivity index (χ0v) is 41.1. The fourth-order valence-electron chi connectivity index (χ4n) is 10.2. The van der Waals surface area contributed by atoms with Gasteiger partial charge in [0, 0.05) is 94.2 Å². The average molecular weight is 922 g/mol. The summed E-state index contributed by atoms with van der Waals surface area (Å²) in [5, 5.41) is 9.48. The quantitative estimate of drug-likeness (QED) is 0.117. The molecular weight excluding hydrogens is 847 g/mol. The van der Waals surface area contributed by atoms with Crippen LogP contribution in [0.1, 0.15) is 107 Å². The summed E-state index contributed by atoms with van der Waals surface area (Å²) < 4.78 is 16.8. The summed E-state index contributed by atoms with van der Waals surface area (Å²) in [4.78, 5) is 62.6. The van der Waals surface area contributed by atoms with Crippen LogP contribution < -0.4 is 16.0 Å². The van der Waals surface area contributed by atoms with Crippen molar-refractivity contribution >= 4 is 35.2 Å². The van der Waals surface area contributed by atoms with Crippen molar-refractivity contribution in [3.05, 3.63) is 70.2 Å². The van der Waals surface area contributed by atoms with Gasteiger partial charge in [-0.1, -0.05) is 41.5 Å². The molecule has 3 saturated heterocycles. The molecule has 2 saturated carbocycles. The highest BCUT2D eigenvalue weighted by molar-refractivity contribution is 5.95. The highest BCUT2D eigenvalue weighted by atomic mass is 16.5. The van der Waals surface area contributed by atoms with Crippen LogP contribution in [0.25, 0.3) is 0 Å². The Kier molecular flexibility index (Phi) is 15.7. The number of nitrogens with zero attached hydrogens (tertiary/aromatic N) is 6. The second-order valence-electron chi connectivity index (χ2n) is 20.8. The van der Waals surface area contributed by atoms with Gasteiger partial charge in [-0.15, -0.1) is 0 Å². The molecule has 0 aromatic carbocycles. The van der Waals surface area contributed by atoms with Crippen molar-refractivity contribution in [3.63, 3.8) is 0 Å². The van der Waals surface area contributed by atoms with Crippen LogP contribution in [0.4, 0.5) is 17.5 Å².